The fourth-order valence-corrected chi connectivity index (χ4v) is 3.81. The number of hydrogen-bond donors (Lipinski definition) is 3. The fourth-order valence-electron chi connectivity index (χ4n) is 3.81. The highest BCUT2D eigenvalue weighted by molar-refractivity contribution is 5.77. The molecular formula is C26H20F2N6O4. The number of nitrogens with zero attached hydrogens (tertiary/aromatic N) is 5. The number of aromatic hydroxyl groups is 1. The summed E-state index contributed by atoms with van der Waals surface area (Å²) in [6.07, 6.45) is 2.30. The number of anilines is 1. The van der Waals surface area contributed by atoms with Crippen LogP contribution >= 0.6 is 0 Å². The van der Waals surface area contributed by atoms with Crippen molar-refractivity contribution in [3.8, 4) is 28.7 Å². The summed E-state index contributed by atoms with van der Waals surface area (Å²) < 4.78 is 35.4. The molecule has 2 aromatic carbocycles. The van der Waals surface area contributed by atoms with E-state index < -0.39 is 23.6 Å². The van der Waals surface area contributed by atoms with E-state index in [1.54, 1.807) is 42.5 Å². The molecule has 0 saturated heterocycles. The SMILES string of the molecule is O=C(O)[C@@H](Cc1ccc(O)cc1)Nc1nc(-c2cc(-c3ccon3)n(Cc3ccccc3F)n2)ncc1F. The molecule has 10 nitrogen and oxygen atoms in total. The predicted octanol–water partition coefficient (Wildman–Crippen LogP) is 4.14. The van der Waals surface area contributed by atoms with Crippen LogP contribution in [0.4, 0.5) is 14.6 Å². The highest BCUT2D eigenvalue weighted by Crippen LogP contribution is 2.26. The minimum Gasteiger partial charge on any atom is -0.508 e. The first-order valence-electron chi connectivity index (χ1n) is 11.4. The summed E-state index contributed by atoms with van der Waals surface area (Å²) >= 11 is 0. The number of hydrogen-bond acceptors (Lipinski definition) is 8. The monoisotopic (exact) mass is 518 g/mol. The summed E-state index contributed by atoms with van der Waals surface area (Å²) in [4.78, 5) is 20.1. The Labute approximate surface area is 214 Å². The lowest BCUT2D eigenvalue weighted by Gasteiger charge is -2.16. The number of halogens is 2. The molecule has 0 amide bonds. The van der Waals surface area contributed by atoms with E-state index in [1.165, 1.54) is 29.1 Å². The van der Waals surface area contributed by atoms with Crippen molar-refractivity contribution in [2.45, 2.75) is 19.0 Å². The van der Waals surface area contributed by atoms with Gasteiger partial charge >= 0.3 is 5.97 Å². The summed E-state index contributed by atoms with van der Waals surface area (Å²) in [5.41, 5.74) is 2.14. The van der Waals surface area contributed by atoms with E-state index in [4.69, 9.17) is 4.52 Å². The third-order valence-corrected chi connectivity index (χ3v) is 5.72. The molecule has 1 atom stereocenters. The zero-order valence-electron chi connectivity index (χ0n) is 19.6. The molecule has 3 aromatic heterocycles. The standard InChI is InChI=1S/C26H20F2N6O4/c27-18-4-2-1-3-16(18)14-34-23(20-9-10-38-33-20)12-21(32-34)25-29-13-19(28)24(31-25)30-22(26(36)37)11-15-5-7-17(35)8-6-15/h1-10,12-13,22,35H,11,14H2,(H,36,37)(H,29,30,31)/t22-/m1/s1. The minimum atomic E-state index is -1.22. The summed E-state index contributed by atoms with van der Waals surface area (Å²) in [5, 5.41) is 30.2. The summed E-state index contributed by atoms with van der Waals surface area (Å²) in [7, 11) is 0. The number of benzene rings is 2. The van der Waals surface area contributed by atoms with E-state index in [1.807, 2.05) is 0 Å². The Balaban J connectivity index is 1.47. The Morgan fingerprint density at radius 3 is 2.55 bits per heavy atom. The molecule has 0 aliphatic rings. The maximum absolute atomic E-state index is 14.6. The number of carbonyl (C=O) groups is 1. The number of aromatic nitrogens is 5. The van der Waals surface area contributed by atoms with Crippen molar-refractivity contribution < 1.29 is 28.3 Å². The van der Waals surface area contributed by atoms with Gasteiger partial charge in [0.2, 0.25) is 0 Å². The molecule has 0 spiro atoms. The third-order valence-electron chi connectivity index (χ3n) is 5.72. The number of aliphatic carboxylic acids is 1. The molecule has 5 aromatic rings. The van der Waals surface area contributed by atoms with Crippen LogP contribution in [0.5, 0.6) is 5.75 Å². The number of nitrogens with one attached hydrogen (secondary N) is 1. The second-order valence-corrected chi connectivity index (χ2v) is 8.34. The van der Waals surface area contributed by atoms with Gasteiger partial charge in [0, 0.05) is 18.1 Å². The van der Waals surface area contributed by atoms with E-state index in [-0.39, 0.29) is 36.1 Å². The lowest BCUT2D eigenvalue weighted by Crippen LogP contribution is -2.32. The zero-order valence-corrected chi connectivity index (χ0v) is 19.6. The number of carboxylic acid groups (broad SMARTS) is 1. The third kappa shape index (κ3) is 5.33. The van der Waals surface area contributed by atoms with E-state index in [0.29, 0.717) is 22.5 Å². The first kappa shape index (κ1) is 24.6. The topological polar surface area (TPSA) is 139 Å². The van der Waals surface area contributed by atoms with Crippen molar-refractivity contribution in [2.24, 2.45) is 0 Å². The van der Waals surface area contributed by atoms with Crippen molar-refractivity contribution in [3.63, 3.8) is 0 Å². The average molecular weight is 518 g/mol. The molecule has 3 N–H and O–H groups in total. The van der Waals surface area contributed by atoms with Gasteiger partial charge in [-0.3, -0.25) is 4.68 Å². The lowest BCUT2D eigenvalue weighted by molar-refractivity contribution is -0.137. The van der Waals surface area contributed by atoms with E-state index in [0.717, 1.165) is 6.20 Å². The van der Waals surface area contributed by atoms with Crippen LogP contribution in [-0.2, 0) is 17.8 Å². The highest BCUT2D eigenvalue weighted by Gasteiger charge is 2.22. The minimum absolute atomic E-state index is 0.00195. The largest absolute Gasteiger partial charge is 0.508 e. The summed E-state index contributed by atoms with van der Waals surface area (Å²) in [6, 6.07) is 14.2. The molecule has 5 rings (SSSR count). The molecule has 0 aliphatic heterocycles. The first-order chi connectivity index (χ1) is 18.4. The Hall–Kier alpha value is -5.13. The number of phenols is 1. The fraction of sp³-hybridized carbons (Fsp3) is 0.115. The van der Waals surface area contributed by atoms with Gasteiger partial charge in [-0.1, -0.05) is 35.5 Å². The van der Waals surface area contributed by atoms with Crippen LogP contribution in [0.1, 0.15) is 11.1 Å². The number of phenolic OH excluding ortho intramolecular Hbond substituents is 1. The van der Waals surface area contributed by atoms with Gasteiger partial charge in [-0.15, -0.1) is 0 Å². The van der Waals surface area contributed by atoms with Crippen molar-refractivity contribution in [1.82, 2.24) is 24.9 Å². The average Bonchev–Trinajstić information content (AvgIpc) is 3.58. The van der Waals surface area contributed by atoms with Crippen LogP contribution in [-0.4, -0.2) is 47.1 Å². The number of rotatable bonds is 9. The molecule has 0 bridgehead atoms. The Morgan fingerprint density at radius 1 is 1.05 bits per heavy atom. The van der Waals surface area contributed by atoms with Gasteiger partial charge in [0.05, 0.1) is 18.4 Å². The van der Waals surface area contributed by atoms with Crippen molar-refractivity contribution >= 4 is 11.8 Å². The molecule has 0 saturated carbocycles. The summed E-state index contributed by atoms with van der Waals surface area (Å²) in [6.45, 7) is 0.0644. The maximum atomic E-state index is 14.6. The summed E-state index contributed by atoms with van der Waals surface area (Å²) in [5.74, 6) is -2.76. The second-order valence-electron chi connectivity index (χ2n) is 8.34. The molecule has 192 valence electrons. The molecule has 0 radical (unpaired) electrons. The van der Waals surface area contributed by atoms with Gasteiger partial charge in [0.25, 0.3) is 0 Å². The first-order valence-corrected chi connectivity index (χ1v) is 11.4. The van der Waals surface area contributed by atoms with Gasteiger partial charge in [0.1, 0.15) is 35.3 Å². The molecule has 0 fully saturated rings. The van der Waals surface area contributed by atoms with Crippen LogP contribution in [0, 0.1) is 11.6 Å². The van der Waals surface area contributed by atoms with Gasteiger partial charge in [-0.05, 0) is 29.8 Å². The Kier molecular flexibility index (Phi) is 6.76. The van der Waals surface area contributed by atoms with Crippen molar-refractivity contribution in [3.05, 3.63) is 95.9 Å². The van der Waals surface area contributed by atoms with E-state index in [2.05, 4.69) is 25.5 Å². The molecule has 12 heteroatoms. The number of carboxylic acids is 1. The normalized spacial score (nSPS) is 11.8. The predicted molar refractivity (Wildman–Crippen MR) is 131 cm³/mol. The smallest absolute Gasteiger partial charge is 0.326 e. The van der Waals surface area contributed by atoms with E-state index >= 15 is 0 Å². The molecule has 3 heterocycles. The van der Waals surface area contributed by atoms with Crippen LogP contribution in [0.15, 0.2) is 77.6 Å². The van der Waals surface area contributed by atoms with Crippen molar-refractivity contribution in [2.75, 3.05) is 5.32 Å². The Morgan fingerprint density at radius 2 is 1.84 bits per heavy atom. The van der Waals surface area contributed by atoms with Gasteiger partial charge in [-0.25, -0.2) is 23.5 Å². The molecule has 38 heavy (non-hydrogen) atoms. The van der Waals surface area contributed by atoms with Crippen LogP contribution in [0.2, 0.25) is 0 Å². The zero-order chi connectivity index (χ0) is 26.6. The molecule has 0 aliphatic carbocycles. The van der Waals surface area contributed by atoms with Crippen LogP contribution in [0.3, 0.4) is 0 Å². The van der Waals surface area contributed by atoms with Gasteiger partial charge in [0.15, 0.2) is 17.5 Å². The van der Waals surface area contributed by atoms with Crippen LogP contribution in [0.25, 0.3) is 22.9 Å². The van der Waals surface area contributed by atoms with Gasteiger partial charge < -0.3 is 20.1 Å². The lowest BCUT2D eigenvalue weighted by atomic mass is 10.1. The van der Waals surface area contributed by atoms with Gasteiger partial charge in [-0.2, -0.15) is 5.10 Å². The maximum Gasteiger partial charge on any atom is 0.326 e. The van der Waals surface area contributed by atoms with E-state index in [9.17, 15) is 23.8 Å². The molecular weight excluding hydrogens is 498 g/mol. The molecule has 0 unspecified atom stereocenters. The Bertz CT molecular complexity index is 1570. The second kappa shape index (κ2) is 10.5. The van der Waals surface area contributed by atoms with Crippen molar-refractivity contribution in [1.29, 1.82) is 0 Å². The van der Waals surface area contributed by atoms with Crippen LogP contribution < -0.4 is 5.32 Å². The highest BCUT2D eigenvalue weighted by atomic mass is 19.1. The quantitative estimate of drug-likeness (QED) is 0.263.